The highest BCUT2D eigenvalue weighted by atomic mass is 16.5. The molecular weight excluding hydrogens is 430 g/mol. The van der Waals surface area contributed by atoms with Crippen molar-refractivity contribution in [1.29, 1.82) is 0 Å². The maximum atomic E-state index is 12.6. The molecule has 0 bridgehead atoms. The SMILES string of the molecule is CC(C)(C)c1ccccc1Oc1ncccc1NC(=O)Nc1ccc(OCc2ccoc2)cc1. The number of carbonyl (C=O) groups is 1. The highest BCUT2D eigenvalue weighted by molar-refractivity contribution is 6.00. The average molecular weight is 458 g/mol. The molecule has 4 rings (SSSR count). The second-order valence-corrected chi connectivity index (χ2v) is 8.73. The second-order valence-electron chi connectivity index (χ2n) is 8.73. The van der Waals surface area contributed by atoms with Crippen LogP contribution in [0.5, 0.6) is 17.4 Å². The molecule has 0 aliphatic heterocycles. The zero-order chi connectivity index (χ0) is 24.0. The Hall–Kier alpha value is -4.26. The largest absolute Gasteiger partial charge is 0.489 e. The van der Waals surface area contributed by atoms with E-state index in [9.17, 15) is 4.79 Å². The van der Waals surface area contributed by atoms with Crippen LogP contribution in [0.4, 0.5) is 16.2 Å². The number of ether oxygens (including phenoxy) is 2. The van der Waals surface area contributed by atoms with Gasteiger partial charge in [-0.05, 0) is 53.9 Å². The number of nitrogens with zero attached hydrogens (tertiary/aromatic N) is 1. The molecule has 0 aliphatic rings. The molecule has 7 nitrogen and oxygen atoms in total. The molecule has 0 unspecified atom stereocenters. The smallest absolute Gasteiger partial charge is 0.323 e. The molecular formula is C27H27N3O4. The Kier molecular flexibility index (Phi) is 6.82. The van der Waals surface area contributed by atoms with E-state index >= 15 is 0 Å². The highest BCUT2D eigenvalue weighted by Crippen LogP contribution is 2.35. The fourth-order valence-corrected chi connectivity index (χ4v) is 3.31. The third-order valence-electron chi connectivity index (χ3n) is 5.02. The second kappa shape index (κ2) is 10.1. The van der Waals surface area contributed by atoms with E-state index in [-0.39, 0.29) is 5.41 Å². The molecule has 2 aromatic carbocycles. The number of benzene rings is 2. The lowest BCUT2D eigenvalue weighted by Gasteiger charge is -2.22. The first kappa shape index (κ1) is 22.9. The van der Waals surface area contributed by atoms with Crippen LogP contribution in [0, 0.1) is 0 Å². The Labute approximate surface area is 198 Å². The number of amides is 2. The van der Waals surface area contributed by atoms with Gasteiger partial charge < -0.3 is 24.5 Å². The van der Waals surface area contributed by atoms with Crippen molar-refractivity contribution in [1.82, 2.24) is 4.98 Å². The molecule has 0 radical (unpaired) electrons. The molecule has 4 aromatic rings. The van der Waals surface area contributed by atoms with Crippen LogP contribution < -0.4 is 20.1 Å². The Morgan fingerprint density at radius 1 is 0.971 bits per heavy atom. The van der Waals surface area contributed by atoms with Crippen molar-refractivity contribution in [2.75, 3.05) is 10.6 Å². The van der Waals surface area contributed by atoms with E-state index in [2.05, 4.69) is 36.4 Å². The van der Waals surface area contributed by atoms with Crippen molar-refractivity contribution in [3.8, 4) is 17.4 Å². The van der Waals surface area contributed by atoms with E-state index in [0.29, 0.717) is 35.4 Å². The summed E-state index contributed by atoms with van der Waals surface area (Å²) >= 11 is 0. The van der Waals surface area contributed by atoms with Crippen molar-refractivity contribution >= 4 is 17.4 Å². The van der Waals surface area contributed by atoms with Crippen LogP contribution in [0.25, 0.3) is 0 Å². The molecule has 2 N–H and O–H groups in total. The number of aromatic nitrogens is 1. The fourth-order valence-electron chi connectivity index (χ4n) is 3.31. The fraction of sp³-hybridized carbons (Fsp3) is 0.185. The zero-order valence-corrected chi connectivity index (χ0v) is 19.4. The minimum Gasteiger partial charge on any atom is -0.489 e. The third-order valence-corrected chi connectivity index (χ3v) is 5.02. The van der Waals surface area contributed by atoms with Crippen LogP contribution in [-0.4, -0.2) is 11.0 Å². The van der Waals surface area contributed by atoms with Gasteiger partial charge in [-0.2, -0.15) is 0 Å². The maximum Gasteiger partial charge on any atom is 0.323 e. The predicted octanol–water partition coefficient (Wildman–Crippen LogP) is 6.99. The summed E-state index contributed by atoms with van der Waals surface area (Å²) in [5, 5.41) is 5.63. The van der Waals surface area contributed by atoms with Gasteiger partial charge in [0.1, 0.15) is 23.8 Å². The molecule has 2 amide bonds. The first-order valence-electron chi connectivity index (χ1n) is 10.9. The number of rotatable bonds is 7. The Bertz CT molecular complexity index is 1230. The maximum absolute atomic E-state index is 12.6. The number of nitrogens with one attached hydrogen (secondary N) is 2. The van der Waals surface area contributed by atoms with E-state index in [1.807, 2.05) is 30.3 Å². The minimum absolute atomic E-state index is 0.106. The first-order valence-corrected chi connectivity index (χ1v) is 10.9. The summed E-state index contributed by atoms with van der Waals surface area (Å²) in [6, 6.07) is 19.9. The van der Waals surface area contributed by atoms with E-state index in [4.69, 9.17) is 13.9 Å². The number of para-hydroxylation sites is 1. The number of furan rings is 1. The molecule has 34 heavy (non-hydrogen) atoms. The van der Waals surface area contributed by atoms with Crippen LogP contribution >= 0.6 is 0 Å². The highest BCUT2D eigenvalue weighted by Gasteiger charge is 2.20. The van der Waals surface area contributed by atoms with Crippen molar-refractivity contribution in [3.63, 3.8) is 0 Å². The number of carbonyl (C=O) groups excluding carboxylic acids is 1. The van der Waals surface area contributed by atoms with Crippen molar-refractivity contribution in [3.05, 3.63) is 96.6 Å². The third kappa shape index (κ3) is 5.95. The van der Waals surface area contributed by atoms with Crippen LogP contribution in [-0.2, 0) is 12.0 Å². The molecule has 2 heterocycles. The monoisotopic (exact) mass is 457 g/mol. The standard InChI is InChI=1S/C27H27N3O4/c1-27(2,3)22-7-4-5-9-24(22)34-25-23(8-6-15-28-25)30-26(31)29-20-10-12-21(13-11-20)33-18-19-14-16-32-17-19/h4-17H,18H2,1-3H3,(H2,29,30,31). The van der Waals surface area contributed by atoms with Crippen LogP contribution in [0.3, 0.4) is 0 Å². The lowest BCUT2D eigenvalue weighted by molar-refractivity contribution is 0.262. The molecule has 0 spiro atoms. The predicted molar refractivity (Wildman–Crippen MR) is 132 cm³/mol. The lowest BCUT2D eigenvalue weighted by atomic mass is 9.86. The number of urea groups is 1. The van der Waals surface area contributed by atoms with E-state index in [1.54, 1.807) is 55.1 Å². The van der Waals surface area contributed by atoms with Crippen LogP contribution in [0.1, 0.15) is 31.9 Å². The minimum atomic E-state index is -0.408. The van der Waals surface area contributed by atoms with Gasteiger partial charge in [0.05, 0.1) is 12.5 Å². The average Bonchev–Trinajstić information content (AvgIpc) is 3.33. The summed E-state index contributed by atoms with van der Waals surface area (Å²) < 4.78 is 16.8. The van der Waals surface area contributed by atoms with Crippen molar-refractivity contribution in [2.24, 2.45) is 0 Å². The van der Waals surface area contributed by atoms with Gasteiger partial charge in [0.15, 0.2) is 0 Å². The Balaban J connectivity index is 1.40. The molecule has 0 fully saturated rings. The van der Waals surface area contributed by atoms with Gasteiger partial charge in [-0.15, -0.1) is 0 Å². The number of hydrogen-bond acceptors (Lipinski definition) is 5. The van der Waals surface area contributed by atoms with Crippen molar-refractivity contribution in [2.45, 2.75) is 32.8 Å². The topological polar surface area (TPSA) is 85.6 Å². The normalized spacial score (nSPS) is 11.0. The molecule has 7 heteroatoms. The van der Waals surface area contributed by atoms with E-state index in [1.165, 1.54) is 0 Å². The summed E-state index contributed by atoms with van der Waals surface area (Å²) in [6.45, 7) is 6.77. The molecule has 0 saturated carbocycles. The molecule has 174 valence electrons. The number of pyridine rings is 1. The van der Waals surface area contributed by atoms with Gasteiger partial charge in [-0.25, -0.2) is 9.78 Å². The van der Waals surface area contributed by atoms with E-state index < -0.39 is 6.03 Å². The zero-order valence-electron chi connectivity index (χ0n) is 19.4. The number of hydrogen-bond donors (Lipinski definition) is 2. The molecule has 2 aromatic heterocycles. The Morgan fingerprint density at radius 2 is 1.76 bits per heavy atom. The summed E-state index contributed by atoms with van der Waals surface area (Å²) in [4.78, 5) is 17.0. The molecule has 0 atom stereocenters. The van der Waals surface area contributed by atoms with Crippen LogP contribution in [0.2, 0.25) is 0 Å². The first-order chi connectivity index (χ1) is 16.4. The van der Waals surface area contributed by atoms with Gasteiger partial charge in [0, 0.05) is 23.0 Å². The van der Waals surface area contributed by atoms with Gasteiger partial charge in [-0.1, -0.05) is 39.0 Å². The molecule has 0 aliphatic carbocycles. The van der Waals surface area contributed by atoms with Gasteiger partial charge in [0.2, 0.25) is 5.88 Å². The molecule has 0 saturated heterocycles. The Morgan fingerprint density at radius 3 is 2.50 bits per heavy atom. The van der Waals surface area contributed by atoms with Gasteiger partial charge >= 0.3 is 6.03 Å². The lowest BCUT2D eigenvalue weighted by Crippen LogP contribution is -2.20. The van der Waals surface area contributed by atoms with E-state index in [0.717, 1.165) is 11.1 Å². The van der Waals surface area contributed by atoms with Gasteiger partial charge in [0.25, 0.3) is 0 Å². The summed E-state index contributed by atoms with van der Waals surface area (Å²) in [5.41, 5.74) is 2.97. The number of anilines is 2. The van der Waals surface area contributed by atoms with Crippen LogP contribution in [0.15, 0.2) is 89.9 Å². The van der Waals surface area contributed by atoms with Gasteiger partial charge in [-0.3, -0.25) is 0 Å². The summed E-state index contributed by atoms with van der Waals surface area (Å²) in [5.74, 6) is 1.70. The quantitative estimate of drug-likeness (QED) is 0.312. The summed E-state index contributed by atoms with van der Waals surface area (Å²) in [7, 11) is 0. The van der Waals surface area contributed by atoms with Crippen molar-refractivity contribution < 1.29 is 18.7 Å². The summed E-state index contributed by atoms with van der Waals surface area (Å²) in [6.07, 6.45) is 4.87.